The number of thiophene rings is 1. The Bertz CT molecular complexity index is 1100. The predicted octanol–water partition coefficient (Wildman–Crippen LogP) is 2.38. The molecule has 33 heavy (non-hydrogen) atoms. The highest BCUT2D eigenvalue weighted by Crippen LogP contribution is 2.27. The quantitative estimate of drug-likeness (QED) is 0.637. The van der Waals surface area contributed by atoms with Crippen LogP contribution >= 0.6 is 11.3 Å². The van der Waals surface area contributed by atoms with Gasteiger partial charge in [0.15, 0.2) is 5.69 Å². The molecule has 2 amide bonds. The summed E-state index contributed by atoms with van der Waals surface area (Å²) in [5, 5.41) is 1.87. The maximum atomic E-state index is 13.6. The van der Waals surface area contributed by atoms with E-state index in [0.29, 0.717) is 43.9 Å². The number of aromatic amines is 1. The third-order valence-corrected chi connectivity index (χ3v) is 6.57. The molecule has 1 fully saturated rings. The minimum absolute atomic E-state index is 0.0109. The molecule has 0 spiro atoms. The normalized spacial score (nSPS) is 14.8. The van der Waals surface area contributed by atoms with Crippen molar-refractivity contribution in [1.29, 1.82) is 0 Å². The molecule has 2 aromatic rings. The van der Waals surface area contributed by atoms with Crippen LogP contribution in [-0.4, -0.2) is 45.9 Å². The van der Waals surface area contributed by atoms with Crippen molar-refractivity contribution in [1.82, 2.24) is 14.5 Å². The Morgan fingerprint density at radius 3 is 2.39 bits per heavy atom. The van der Waals surface area contributed by atoms with Crippen molar-refractivity contribution in [3.8, 4) is 0 Å². The van der Waals surface area contributed by atoms with Crippen molar-refractivity contribution in [3.05, 3.63) is 43.2 Å². The van der Waals surface area contributed by atoms with Gasteiger partial charge in [0.2, 0.25) is 5.91 Å². The van der Waals surface area contributed by atoms with E-state index in [4.69, 9.17) is 5.73 Å². The van der Waals surface area contributed by atoms with E-state index in [1.165, 1.54) is 20.8 Å². The van der Waals surface area contributed by atoms with Crippen molar-refractivity contribution >= 4 is 34.7 Å². The van der Waals surface area contributed by atoms with Crippen LogP contribution < -0.4 is 21.9 Å². The number of anilines is 2. The van der Waals surface area contributed by atoms with Crippen molar-refractivity contribution in [3.63, 3.8) is 0 Å². The Labute approximate surface area is 197 Å². The van der Waals surface area contributed by atoms with Crippen molar-refractivity contribution in [2.75, 3.05) is 30.3 Å². The number of hydrogen-bond donors (Lipinski definition) is 2. The smallest absolute Gasteiger partial charge is 0.330 e. The molecular weight excluding hydrogens is 442 g/mol. The first-order chi connectivity index (χ1) is 15.6. The number of nitrogens with zero attached hydrogens (tertiary/aromatic N) is 3. The van der Waals surface area contributed by atoms with Crippen LogP contribution in [0.15, 0.2) is 27.1 Å². The predicted molar refractivity (Wildman–Crippen MR) is 131 cm³/mol. The summed E-state index contributed by atoms with van der Waals surface area (Å²) in [6.45, 7) is 9.39. The standard InChI is InChI=1S/C23H33N5O4S/c1-14(2)12-27(18-19(24)28(13-15(3)4)23(32)25-20(18)29)21(30)16-7-9-26(10-8-16)22(31)17-6-5-11-33-17/h5-6,11,14-16H,7-10,12-13,24H2,1-4H3,(H,25,29,32). The summed E-state index contributed by atoms with van der Waals surface area (Å²) in [5.74, 6) is -0.325. The zero-order chi connectivity index (χ0) is 24.3. The molecule has 0 bridgehead atoms. The highest BCUT2D eigenvalue weighted by Gasteiger charge is 2.34. The maximum Gasteiger partial charge on any atom is 0.330 e. The molecular formula is C23H33N5O4S. The van der Waals surface area contributed by atoms with E-state index >= 15 is 0 Å². The van der Waals surface area contributed by atoms with Gasteiger partial charge >= 0.3 is 5.69 Å². The van der Waals surface area contributed by atoms with Crippen molar-refractivity contribution < 1.29 is 9.59 Å². The number of nitrogens with one attached hydrogen (secondary N) is 1. The lowest BCUT2D eigenvalue weighted by atomic mass is 9.94. The van der Waals surface area contributed by atoms with Gasteiger partial charge in [-0.2, -0.15) is 0 Å². The fraction of sp³-hybridized carbons (Fsp3) is 0.565. The molecule has 10 heteroatoms. The Morgan fingerprint density at radius 1 is 1.18 bits per heavy atom. The summed E-state index contributed by atoms with van der Waals surface area (Å²) in [7, 11) is 0. The van der Waals surface area contributed by atoms with Crippen LogP contribution in [0.3, 0.4) is 0 Å². The third kappa shape index (κ3) is 5.55. The van der Waals surface area contributed by atoms with Gasteiger partial charge in [0.05, 0.1) is 4.88 Å². The average molecular weight is 476 g/mol. The molecule has 0 aliphatic carbocycles. The van der Waals surface area contributed by atoms with Gasteiger partial charge in [-0.05, 0) is 36.1 Å². The van der Waals surface area contributed by atoms with E-state index in [-0.39, 0.29) is 41.1 Å². The number of H-pyrrole nitrogens is 1. The van der Waals surface area contributed by atoms with E-state index in [2.05, 4.69) is 4.98 Å². The molecule has 3 heterocycles. The molecule has 0 aromatic carbocycles. The van der Waals surface area contributed by atoms with Gasteiger partial charge in [0, 0.05) is 32.1 Å². The molecule has 2 aromatic heterocycles. The van der Waals surface area contributed by atoms with E-state index in [0.717, 1.165) is 0 Å². The molecule has 0 radical (unpaired) electrons. The van der Waals surface area contributed by atoms with Crippen LogP contribution in [0.1, 0.15) is 50.2 Å². The summed E-state index contributed by atoms with van der Waals surface area (Å²) < 4.78 is 1.32. The van der Waals surface area contributed by atoms with Gasteiger partial charge in [-0.15, -0.1) is 11.3 Å². The largest absolute Gasteiger partial charge is 0.383 e. The Hall–Kier alpha value is -2.88. The van der Waals surface area contributed by atoms with Crippen LogP contribution in [0.25, 0.3) is 0 Å². The van der Waals surface area contributed by atoms with Gasteiger partial charge in [0.1, 0.15) is 5.82 Å². The van der Waals surface area contributed by atoms with Crippen molar-refractivity contribution in [2.45, 2.75) is 47.1 Å². The molecule has 1 aliphatic heterocycles. The SMILES string of the molecule is CC(C)CN(C(=O)C1CCN(C(=O)c2cccs2)CC1)c1c(N)n(CC(C)C)c(=O)[nH]c1=O. The summed E-state index contributed by atoms with van der Waals surface area (Å²) >= 11 is 1.40. The number of likely N-dealkylation sites (tertiary alicyclic amines) is 1. The summed E-state index contributed by atoms with van der Waals surface area (Å²) in [6, 6.07) is 3.65. The van der Waals surface area contributed by atoms with Gasteiger partial charge in [0.25, 0.3) is 11.5 Å². The van der Waals surface area contributed by atoms with Crippen LogP contribution in [0.5, 0.6) is 0 Å². The zero-order valence-corrected chi connectivity index (χ0v) is 20.5. The van der Waals surface area contributed by atoms with Crippen molar-refractivity contribution in [2.24, 2.45) is 17.8 Å². The number of rotatable bonds is 7. The molecule has 3 N–H and O–H groups in total. The second-order valence-electron chi connectivity index (χ2n) is 9.38. The average Bonchev–Trinajstić information content (AvgIpc) is 3.29. The van der Waals surface area contributed by atoms with Gasteiger partial charge in [-0.25, -0.2) is 4.79 Å². The second-order valence-corrected chi connectivity index (χ2v) is 10.3. The number of carbonyl (C=O) groups is 2. The van der Waals surface area contributed by atoms with Gasteiger partial charge < -0.3 is 15.5 Å². The molecule has 3 rings (SSSR count). The van der Waals surface area contributed by atoms with Crippen LogP contribution in [0, 0.1) is 17.8 Å². The van der Waals surface area contributed by atoms with E-state index in [9.17, 15) is 19.2 Å². The lowest BCUT2D eigenvalue weighted by Gasteiger charge is -2.35. The Morgan fingerprint density at radius 2 is 1.85 bits per heavy atom. The van der Waals surface area contributed by atoms with Gasteiger partial charge in [-0.1, -0.05) is 33.8 Å². The summed E-state index contributed by atoms with van der Waals surface area (Å²) in [5.41, 5.74) is 5.09. The number of nitrogen functional groups attached to an aromatic ring is 1. The molecule has 0 unspecified atom stereocenters. The first-order valence-electron chi connectivity index (χ1n) is 11.4. The van der Waals surface area contributed by atoms with Crippen LogP contribution in [-0.2, 0) is 11.3 Å². The molecule has 1 aliphatic rings. The topological polar surface area (TPSA) is 121 Å². The first-order valence-corrected chi connectivity index (χ1v) is 12.2. The fourth-order valence-electron chi connectivity index (χ4n) is 4.15. The minimum Gasteiger partial charge on any atom is -0.383 e. The number of aromatic nitrogens is 2. The lowest BCUT2D eigenvalue weighted by Crippen LogP contribution is -2.48. The number of carbonyl (C=O) groups excluding carboxylic acids is 2. The molecule has 9 nitrogen and oxygen atoms in total. The molecule has 0 saturated carbocycles. The monoisotopic (exact) mass is 475 g/mol. The third-order valence-electron chi connectivity index (χ3n) is 5.71. The molecule has 1 saturated heterocycles. The first kappa shape index (κ1) is 24.8. The summed E-state index contributed by atoms with van der Waals surface area (Å²) in [6.07, 6.45) is 1.02. The summed E-state index contributed by atoms with van der Waals surface area (Å²) in [4.78, 5) is 57.6. The molecule has 180 valence electrons. The van der Waals surface area contributed by atoms with E-state index in [1.54, 1.807) is 11.0 Å². The van der Waals surface area contributed by atoms with Gasteiger partial charge in [-0.3, -0.25) is 23.9 Å². The minimum atomic E-state index is -0.656. The molecule has 0 atom stereocenters. The Balaban J connectivity index is 1.86. The number of hydrogen-bond acceptors (Lipinski definition) is 6. The Kier molecular flexibility index (Phi) is 7.78. The van der Waals surface area contributed by atoms with E-state index in [1.807, 2.05) is 39.1 Å². The maximum absolute atomic E-state index is 13.6. The fourth-order valence-corrected chi connectivity index (χ4v) is 4.84. The highest BCUT2D eigenvalue weighted by molar-refractivity contribution is 7.12. The number of amides is 2. The number of piperidine rings is 1. The second kappa shape index (κ2) is 10.4. The highest BCUT2D eigenvalue weighted by atomic mass is 32.1. The van der Waals surface area contributed by atoms with Crippen LogP contribution in [0.4, 0.5) is 11.5 Å². The van der Waals surface area contributed by atoms with E-state index < -0.39 is 11.2 Å². The van der Waals surface area contributed by atoms with Crippen LogP contribution in [0.2, 0.25) is 0 Å². The zero-order valence-electron chi connectivity index (χ0n) is 19.7. The number of nitrogens with two attached hydrogens (primary N) is 1. The lowest BCUT2D eigenvalue weighted by molar-refractivity contribution is -0.123.